The second kappa shape index (κ2) is 6.83. The zero-order valence-corrected chi connectivity index (χ0v) is 14.2. The van der Waals surface area contributed by atoms with Crippen molar-refractivity contribution < 1.29 is 9.72 Å². The minimum Gasteiger partial charge on any atom is -0.272 e. The molecule has 8 nitrogen and oxygen atoms in total. The molecule has 1 amide bonds. The zero-order chi connectivity index (χ0) is 18.8. The van der Waals surface area contributed by atoms with E-state index in [1.165, 1.54) is 23.9 Å². The van der Waals surface area contributed by atoms with Crippen LogP contribution in [0.15, 0.2) is 53.6 Å². The molecule has 0 bridgehead atoms. The molecule has 0 saturated heterocycles. The largest absolute Gasteiger partial charge is 0.289 e. The summed E-state index contributed by atoms with van der Waals surface area (Å²) in [5.74, 6) is -0.398. The van der Waals surface area contributed by atoms with E-state index in [0.29, 0.717) is 11.3 Å². The van der Waals surface area contributed by atoms with Gasteiger partial charge in [-0.2, -0.15) is 10.2 Å². The second-order valence-electron chi connectivity index (χ2n) is 6.13. The predicted octanol–water partition coefficient (Wildman–Crippen LogP) is 2.85. The van der Waals surface area contributed by atoms with Crippen molar-refractivity contribution in [1.82, 2.24) is 15.6 Å². The molecule has 0 spiro atoms. The van der Waals surface area contributed by atoms with Gasteiger partial charge in [0.25, 0.3) is 11.6 Å². The molecular formula is C19H15N5O3. The van der Waals surface area contributed by atoms with E-state index in [0.717, 1.165) is 29.7 Å². The van der Waals surface area contributed by atoms with Crippen molar-refractivity contribution in [3.05, 3.63) is 81.0 Å². The maximum atomic E-state index is 12.5. The number of nitro benzene ring substituents is 1. The predicted molar refractivity (Wildman–Crippen MR) is 99.6 cm³/mol. The number of nitrogens with zero attached hydrogens (tertiary/aromatic N) is 3. The molecule has 4 rings (SSSR count). The molecule has 1 aliphatic rings. The Morgan fingerprint density at radius 2 is 2.07 bits per heavy atom. The number of non-ortho nitro benzene ring substituents is 1. The number of nitro groups is 1. The summed E-state index contributed by atoms with van der Waals surface area (Å²) in [6, 6.07) is 14.0. The first kappa shape index (κ1) is 16.6. The molecule has 0 unspecified atom stereocenters. The fourth-order valence-corrected chi connectivity index (χ4v) is 3.19. The van der Waals surface area contributed by atoms with E-state index in [4.69, 9.17) is 0 Å². The average molecular weight is 361 g/mol. The Hall–Kier alpha value is -3.81. The van der Waals surface area contributed by atoms with Crippen molar-refractivity contribution in [2.24, 2.45) is 5.10 Å². The van der Waals surface area contributed by atoms with Gasteiger partial charge >= 0.3 is 0 Å². The number of hydrogen-bond acceptors (Lipinski definition) is 5. The molecule has 27 heavy (non-hydrogen) atoms. The SMILES string of the molecule is O=C(N/N=C/c1cccc([N+](=O)[O-])c1)c1[nH]nc2c1CCc1ccccc1-2. The van der Waals surface area contributed by atoms with Crippen LogP contribution in [0.3, 0.4) is 0 Å². The fourth-order valence-electron chi connectivity index (χ4n) is 3.19. The number of aromatic amines is 1. The molecule has 1 heterocycles. The van der Waals surface area contributed by atoms with E-state index in [1.54, 1.807) is 12.1 Å². The van der Waals surface area contributed by atoms with E-state index in [9.17, 15) is 14.9 Å². The third kappa shape index (κ3) is 3.20. The van der Waals surface area contributed by atoms with Gasteiger partial charge in [-0.25, -0.2) is 5.43 Å². The molecule has 0 aliphatic heterocycles. The third-order valence-corrected chi connectivity index (χ3v) is 4.47. The number of aromatic nitrogens is 2. The van der Waals surface area contributed by atoms with Crippen LogP contribution in [0.1, 0.15) is 27.2 Å². The number of hydrazone groups is 1. The lowest BCUT2D eigenvalue weighted by Gasteiger charge is -2.15. The Morgan fingerprint density at radius 1 is 1.22 bits per heavy atom. The summed E-state index contributed by atoms with van der Waals surface area (Å²) < 4.78 is 0. The normalized spacial score (nSPS) is 12.4. The van der Waals surface area contributed by atoms with Crippen LogP contribution in [0.25, 0.3) is 11.3 Å². The Kier molecular flexibility index (Phi) is 4.21. The molecule has 0 radical (unpaired) electrons. The lowest BCUT2D eigenvalue weighted by atomic mass is 9.89. The van der Waals surface area contributed by atoms with E-state index in [1.807, 2.05) is 18.2 Å². The molecule has 3 aromatic rings. The molecule has 0 saturated carbocycles. The van der Waals surface area contributed by atoms with Crippen molar-refractivity contribution in [3.63, 3.8) is 0 Å². The number of carbonyl (C=O) groups excluding carboxylic acids is 1. The van der Waals surface area contributed by atoms with Crippen molar-refractivity contribution in [2.45, 2.75) is 12.8 Å². The first-order chi connectivity index (χ1) is 13.1. The van der Waals surface area contributed by atoms with E-state index in [2.05, 4.69) is 26.8 Å². The van der Waals surface area contributed by atoms with E-state index < -0.39 is 10.8 Å². The Bertz CT molecular complexity index is 1070. The maximum absolute atomic E-state index is 12.5. The summed E-state index contributed by atoms with van der Waals surface area (Å²) in [4.78, 5) is 22.8. The number of aryl methyl sites for hydroxylation is 1. The third-order valence-electron chi connectivity index (χ3n) is 4.47. The zero-order valence-electron chi connectivity index (χ0n) is 14.2. The van der Waals surface area contributed by atoms with Gasteiger partial charge in [0.1, 0.15) is 5.69 Å². The number of amides is 1. The van der Waals surface area contributed by atoms with Gasteiger partial charge in [0.2, 0.25) is 0 Å². The van der Waals surface area contributed by atoms with Gasteiger partial charge in [0.15, 0.2) is 0 Å². The molecule has 134 valence electrons. The maximum Gasteiger partial charge on any atom is 0.289 e. The second-order valence-corrected chi connectivity index (χ2v) is 6.13. The van der Waals surface area contributed by atoms with Crippen LogP contribution in [0, 0.1) is 10.1 Å². The molecule has 8 heteroatoms. The van der Waals surface area contributed by atoms with Crippen molar-refractivity contribution >= 4 is 17.8 Å². The molecular weight excluding hydrogens is 346 g/mol. The summed E-state index contributed by atoms with van der Waals surface area (Å²) >= 11 is 0. The highest BCUT2D eigenvalue weighted by Gasteiger charge is 2.24. The summed E-state index contributed by atoms with van der Waals surface area (Å²) in [5.41, 5.74) is 7.23. The number of H-pyrrole nitrogens is 1. The van der Waals surface area contributed by atoms with Crippen LogP contribution >= 0.6 is 0 Å². The standard InChI is InChI=1S/C19H15N5O3/c25-19(23-20-11-12-4-3-6-14(10-12)24(26)27)18-16-9-8-13-5-1-2-7-15(13)17(16)21-22-18/h1-7,10-11H,8-9H2,(H,21,22)(H,23,25)/b20-11+. The van der Waals surface area contributed by atoms with Crippen LogP contribution in [0.5, 0.6) is 0 Å². The topological polar surface area (TPSA) is 113 Å². The van der Waals surface area contributed by atoms with Gasteiger partial charge in [0.05, 0.1) is 16.8 Å². The van der Waals surface area contributed by atoms with Crippen LogP contribution in [-0.2, 0) is 12.8 Å². The molecule has 1 aromatic heterocycles. The number of fused-ring (bicyclic) bond motifs is 3. The molecule has 0 atom stereocenters. The van der Waals surface area contributed by atoms with Crippen LogP contribution in [0.4, 0.5) is 5.69 Å². The van der Waals surface area contributed by atoms with Gasteiger partial charge < -0.3 is 0 Å². The highest BCUT2D eigenvalue weighted by Crippen LogP contribution is 2.33. The number of carbonyl (C=O) groups is 1. The minimum absolute atomic E-state index is 0.0356. The highest BCUT2D eigenvalue weighted by atomic mass is 16.6. The quantitative estimate of drug-likeness (QED) is 0.422. The van der Waals surface area contributed by atoms with Crippen molar-refractivity contribution in [2.75, 3.05) is 0 Å². The number of rotatable bonds is 4. The molecule has 2 aromatic carbocycles. The first-order valence-corrected chi connectivity index (χ1v) is 8.37. The lowest BCUT2D eigenvalue weighted by molar-refractivity contribution is -0.384. The fraction of sp³-hybridized carbons (Fsp3) is 0.105. The minimum atomic E-state index is -0.482. The van der Waals surface area contributed by atoms with Gasteiger partial charge in [-0.3, -0.25) is 20.0 Å². The summed E-state index contributed by atoms with van der Waals surface area (Å²) in [5, 5.41) is 21.8. The van der Waals surface area contributed by atoms with E-state index >= 15 is 0 Å². The molecule has 1 aliphatic carbocycles. The average Bonchev–Trinajstić information content (AvgIpc) is 3.13. The number of hydrogen-bond donors (Lipinski definition) is 2. The van der Waals surface area contributed by atoms with Crippen LogP contribution < -0.4 is 5.43 Å². The summed E-state index contributed by atoms with van der Waals surface area (Å²) in [6.45, 7) is 0. The molecule has 0 fully saturated rings. The van der Waals surface area contributed by atoms with E-state index in [-0.39, 0.29) is 5.69 Å². The van der Waals surface area contributed by atoms with Crippen molar-refractivity contribution in [3.8, 4) is 11.3 Å². The monoisotopic (exact) mass is 361 g/mol. The molecule has 2 N–H and O–H groups in total. The van der Waals surface area contributed by atoms with Crippen LogP contribution in [0.2, 0.25) is 0 Å². The summed E-state index contributed by atoms with van der Waals surface area (Å²) in [6.07, 6.45) is 2.93. The smallest absolute Gasteiger partial charge is 0.272 e. The van der Waals surface area contributed by atoms with Gasteiger partial charge in [0, 0.05) is 28.8 Å². The number of nitrogens with one attached hydrogen (secondary N) is 2. The van der Waals surface area contributed by atoms with Crippen molar-refractivity contribution in [1.29, 1.82) is 0 Å². The van der Waals surface area contributed by atoms with Crippen LogP contribution in [-0.4, -0.2) is 27.2 Å². The lowest BCUT2D eigenvalue weighted by Crippen LogP contribution is -2.20. The Labute approximate surface area is 154 Å². The Morgan fingerprint density at radius 3 is 2.93 bits per heavy atom. The first-order valence-electron chi connectivity index (χ1n) is 8.37. The van der Waals surface area contributed by atoms with Gasteiger partial charge in [-0.1, -0.05) is 36.4 Å². The number of benzene rings is 2. The summed E-state index contributed by atoms with van der Waals surface area (Å²) in [7, 11) is 0. The van der Waals surface area contributed by atoms with Gasteiger partial charge in [-0.05, 0) is 18.4 Å². The highest BCUT2D eigenvalue weighted by molar-refractivity contribution is 5.96. The Balaban J connectivity index is 1.51. The van der Waals surface area contributed by atoms with Gasteiger partial charge in [-0.15, -0.1) is 0 Å².